The number of carbonyl (C=O) groups is 2. The van der Waals surface area contributed by atoms with Crippen molar-refractivity contribution in [1.82, 2.24) is 5.32 Å². The molecule has 0 spiro atoms. The first-order valence-electron chi connectivity index (χ1n) is 6.62. The first-order chi connectivity index (χ1) is 10.9. The van der Waals surface area contributed by atoms with Crippen LogP contribution < -0.4 is 5.32 Å². The molecule has 120 valence electrons. The van der Waals surface area contributed by atoms with E-state index in [2.05, 4.69) is 0 Å². The summed E-state index contributed by atoms with van der Waals surface area (Å²) in [4.78, 5) is 23.3. The predicted octanol–water partition coefficient (Wildman–Crippen LogP) is 1.88. The van der Waals surface area contributed by atoms with Crippen LogP contribution in [0.5, 0.6) is 0 Å². The summed E-state index contributed by atoms with van der Waals surface area (Å²) in [7, 11) is 0. The van der Waals surface area contributed by atoms with Gasteiger partial charge < -0.3 is 15.5 Å². The number of halogens is 2. The number of aliphatic carboxylic acids is 1. The minimum absolute atomic E-state index is 0.278. The number of hydrogen-bond acceptors (Lipinski definition) is 3. The molecule has 0 fully saturated rings. The van der Waals surface area contributed by atoms with Gasteiger partial charge in [0, 0.05) is 6.07 Å². The maximum Gasteiger partial charge on any atom is 0.329 e. The molecule has 1 amide bonds. The van der Waals surface area contributed by atoms with Gasteiger partial charge >= 0.3 is 5.97 Å². The van der Waals surface area contributed by atoms with Crippen LogP contribution in [0.4, 0.5) is 8.78 Å². The molecular formula is C16H13F2NO4. The topological polar surface area (TPSA) is 86.6 Å². The van der Waals surface area contributed by atoms with Crippen LogP contribution in [0, 0.1) is 11.6 Å². The molecule has 2 aromatic carbocycles. The smallest absolute Gasteiger partial charge is 0.329 e. The van der Waals surface area contributed by atoms with Crippen molar-refractivity contribution >= 4 is 11.9 Å². The third-order valence-electron chi connectivity index (χ3n) is 3.19. The Morgan fingerprint density at radius 2 is 1.70 bits per heavy atom. The summed E-state index contributed by atoms with van der Waals surface area (Å²) in [5.41, 5.74) is -0.238. The molecule has 0 aliphatic rings. The fraction of sp³-hybridized carbons (Fsp3) is 0.125. The largest absolute Gasteiger partial charge is 0.480 e. The van der Waals surface area contributed by atoms with Crippen molar-refractivity contribution in [3.05, 3.63) is 71.3 Å². The van der Waals surface area contributed by atoms with Crippen LogP contribution in [0.25, 0.3) is 0 Å². The molecule has 7 heteroatoms. The van der Waals surface area contributed by atoms with Crippen molar-refractivity contribution in [3.8, 4) is 0 Å². The Hall–Kier alpha value is -2.80. The first-order valence-corrected chi connectivity index (χ1v) is 6.62. The lowest BCUT2D eigenvalue weighted by Gasteiger charge is -2.21. The number of carboxylic acid groups (broad SMARTS) is 1. The second-order valence-corrected chi connectivity index (χ2v) is 4.77. The van der Waals surface area contributed by atoms with Gasteiger partial charge in [0.05, 0.1) is 5.56 Å². The molecule has 3 N–H and O–H groups in total. The van der Waals surface area contributed by atoms with Crippen LogP contribution in [-0.2, 0) is 4.79 Å². The van der Waals surface area contributed by atoms with Gasteiger partial charge in [-0.25, -0.2) is 13.6 Å². The highest BCUT2D eigenvalue weighted by Gasteiger charge is 2.30. The van der Waals surface area contributed by atoms with Gasteiger partial charge in [-0.2, -0.15) is 0 Å². The maximum absolute atomic E-state index is 13.6. The third kappa shape index (κ3) is 3.89. The number of carboxylic acids is 1. The van der Waals surface area contributed by atoms with Gasteiger partial charge in [0.1, 0.15) is 17.7 Å². The van der Waals surface area contributed by atoms with Gasteiger partial charge in [-0.3, -0.25) is 4.79 Å². The van der Waals surface area contributed by atoms with E-state index in [1.165, 1.54) is 12.1 Å². The molecule has 2 rings (SSSR count). The SMILES string of the molecule is O=C(NC(C(=O)O)C(O)c1ccccc1)c1ccc(F)cc1F. The molecule has 0 aliphatic carbocycles. The van der Waals surface area contributed by atoms with E-state index < -0.39 is 41.2 Å². The minimum atomic E-state index is -1.69. The molecular weight excluding hydrogens is 308 g/mol. The number of hydrogen-bond donors (Lipinski definition) is 3. The van der Waals surface area contributed by atoms with Crippen molar-refractivity contribution < 1.29 is 28.6 Å². The average Bonchev–Trinajstić information content (AvgIpc) is 2.52. The highest BCUT2D eigenvalue weighted by Crippen LogP contribution is 2.18. The minimum Gasteiger partial charge on any atom is -0.480 e. The van der Waals surface area contributed by atoms with Crippen LogP contribution >= 0.6 is 0 Å². The van der Waals surface area contributed by atoms with Crippen LogP contribution in [0.15, 0.2) is 48.5 Å². The Morgan fingerprint density at radius 1 is 1.04 bits per heavy atom. The summed E-state index contributed by atoms with van der Waals surface area (Å²) in [5, 5.41) is 21.3. The van der Waals surface area contributed by atoms with Crippen molar-refractivity contribution in [3.63, 3.8) is 0 Å². The molecule has 5 nitrogen and oxygen atoms in total. The Labute approximate surface area is 130 Å². The first kappa shape index (κ1) is 16.6. The summed E-state index contributed by atoms with van der Waals surface area (Å²) in [6.07, 6.45) is -1.53. The molecule has 2 aromatic rings. The van der Waals surface area contributed by atoms with Gasteiger partial charge in [0.15, 0.2) is 6.04 Å². The van der Waals surface area contributed by atoms with Crippen LogP contribution in [0.1, 0.15) is 22.0 Å². The van der Waals surface area contributed by atoms with E-state index in [0.717, 1.165) is 12.1 Å². The molecule has 0 bridgehead atoms. The number of aliphatic hydroxyl groups is 1. The maximum atomic E-state index is 13.6. The zero-order chi connectivity index (χ0) is 17.0. The molecule has 0 aromatic heterocycles. The molecule has 2 atom stereocenters. The van der Waals surface area contributed by atoms with Crippen molar-refractivity contribution in [2.24, 2.45) is 0 Å². The molecule has 0 saturated carbocycles. The summed E-state index contributed by atoms with van der Waals surface area (Å²) in [6, 6.07) is 8.45. The van der Waals surface area contributed by atoms with Crippen molar-refractivity contribution in [2.75, 3.05) is 0 Å². The Bertz CT molecular complexity index is 721. The fourth-order valence-corrected chi connectivity index (χ4v) is 2.01. The molecule has 0 heterocycles. The normalized spacial score (nSPS) is 13.2. The highest BCUT2D eigenvalue weighted by molar-refractivity contribution is 5.97. The Morgan fingerprint density at radius 3 is 2.26 bits per heavy atom. The quantitative estimate of drug-likeness (QED) is 0.785. The highest BCUT2D eigenvalue weighted by atomic mass is 19.1. The second-order valence-electron chi connectivity index (χ2n) is 4.77. The lowest BCUT2D eigenvalue weighted by Crippen LogP contribution is -2.45. The van der Waals surface area contributed by atoms with Crippen LogP contribution in [-0.4, -0.2) is 28.1 Å². The van der Waals surface area contributed by atoms with Crippen LogP contribution in [0.3, 0.4) is 0 Å². The molecule has 0 saturated heterocycles. The standard InChI is InChI=1S/C16H13F2NO4/c17-10-6-7-11(12(18)8-10)15(21)19-13(16(22)23)14(20)9-4-2-1-3-5-9/h1-8,13-14,20H,(H,19,21)(H,22,23). The van der Waals surface area contributed by atoms with Gasteiger partial charge in [-0.15, -0.1) is 0 Å². The van der Waals surface area contributed by atoms with Gasteiger partial charge in [-0.1, -0.05) is 30.3 Å². The lowest BCUT2D eigenvalue weighted by atomic mass is 10.0. The number of amides is 1. The van der Waals surface area contributed by atoms with E-state index in [4.69, 9.17) is 0 Å². The lowest BCUT2D eigenvalue weighted by molar-refractivity contribution is -0.142. The summed E-state index contributed by atoms with van der Waals surface area (Å²) < 4.78 is 26.4. The summed E-state index contributed by atoms with van der Waals surface area (Å²) >= 11 is 0. The average molecular weight is 321 g/mol. The van der Waals surface area contributed by atoms with E-state index in [1.807, 2.05) is 5.32 Å². The van der Waals surface area contributed by atoms with Crippen LogP contribution in [0.2, 0.25) is 0 Å². The number of rotatable bonds is 5. The number of nitrogens with one attached hydrogen (secondary N) is 1. The fourth-order valence-electron chi connectivity index (χ4n) is 2.01. The van der Waals surface area contributed by atoms with Gasteiger partial charge in [0.2, 0.25) is 0 Å². The van der Waals surface area contributed by atoms with Gasteiger partial charge in [-0.05, 0) is 17.7 Å². The Kier molecular flexibility index (Phi) is 5.02. The molecule has 23 heavy (non-hydrogen) atoms. The molecule has 0 radical (unpaired) electrons. The van der Waals surface area contributed by atoms with Crippen molar-refractivity contribution in [2.45, 2.75) is 12.1 Å². The van der Waals surface area contributed by atoms with E-state index in [1.54, 1.807) is 18.2 Å². The van der Waals surface area contributed by atoms with Crippen molar-refractivity contribution in [1.29, 1.82) is 0 Å². The second kappa shape index (κ2) is 6.97. The van der Waals surface area contributed by atoms with E-state index in [9.17, 15) is 28.6 Å². The predicted molar refractivity (Wildman–Crippen MR) is 76.6 cm³/mol. The number of benzene rings is 2. The zero-order valence-electron chi connectivity index (χ0n) is 11.7. The van der Waals surface area contributed by atoms with E-state index in [0.29, 0.717) is 6.07 Å². The zero-order valence-corrected chi connectivity index (χ0v) is 11.7. The monoisotopic (exact) mass is 321 g/mol. The van der Waals surface area contributed by atoms with E-state index >= 15 is 0 Å². The molecule has 0 aliphatic heterocycles. The summed E-state index contributed by atoms with van der Waals surface area (Å²) in [5.74, 6) is -4.54. The van der Waals surface area contributed by atoms with Gasteiger partial charge in [0.25, 0.3) is 5.91 Å². The molecule has 2 unspecified atom stereocenters. The van der Waals surface area contributed by atoms with E-state index in [-0.39, 0.29) is 5.56 Å². The summed E-state index contributed by atoms with van der Waals surface area (Å²) in [6.45, 7) is 0. The Balaban J connectivity index is 2.22. The number of aliphatic hydroxyl groups excluding tert-OH is 1. The third-order valence-corrected chi connectivity index (χ3v) is 3.19. The number of carbonyl (C=O) groups excluding carboxylic acids is 1.